The van der Waals surface area contributed by atoms with Gasteiger partial charge in [-0.25, -0.2) is 13.6 Å². The first kappa shape index (κ1) is 15.2. The molecule has 21 heavy (non-hydrogen) atoms. The van der Waals surface area contributed by atoms with Crippen LogP contribution in [0.4, 0.5) is 14.5 Å². The van der Waals surface area contributed by atoms with Gasteiger partial charge in [-0.1, -0.05) is 0 Å². The number of benzene rings is 1. The topological polar surface area (TPSA) is 81.9 Å². The summed E-state index contributed by atoms with van der Waals surface area (Å²) < 4.78 is 37.2. The zero-order valence-corrected chi connectivity index (χ0v) is 11.3. The number of halogens is 2. The van der Waals surface area contributed by atoms with Crippen molar-refractivity contribution in [2.45, 2.75) is 6.10 Å². The summed E-state index contributed by atoms with van der Waals surface area (Å²) in [5.41, 5.74) is 4.29. The highest BCUT2D eigenvalue weighted by Crippen LogP contribution is 2.21. The van der Waals surface area contributed by atoms with E-state index in [0.29, 0.717) is 0 Å². The van der Waals surface area contributed by atoms with Gasteiger partial charge in [0.2, 0.25) is 0 Å². The maximum atomic E-state index is 13.9. The molecule has 1 fully saturated rings. The Kier molecular flexibility index (Phi) is 4.37. The van der Waals surface area contributed by atoms with Crippen LogP contribution in [0.2, 0.25) is 0 Å². The average Bonchev–Trinajstić information content (AvgIpc) is 2.50. The van der Waals surface area contributed by atoms with Gasteiger partial charge in [0.25, 0.3) is 5.91 Å². The lowest BCUT2D eigenvalue weighted by molar-refractivity contribution is -0.158. The van der Waals surface area contributed by atoms with Gasteiger partial charge in [0.05, 0.1) is 25.9 Å². The summed E-state index contributed by atoms with van der Waals surface area (Å²) in [4.78, 5) is 24.8. The molecule has 6 nitrogen and oxygen atoms in total. The number of amides is 1. The fraction of sp³-hybridized carbons (Fsp3) is 0.385. The summed E-state index contributed by atoms with van der Waals surface area (Å²) in [6, 6.07) is 1.96. The number of nitrogen functional groups attached to an aromatic ring is 1. The Hall–Kier alpha value is -2.22. The lowest BCUT2D eigenvalue weighted by Crippen LogP contribution is -2.49. The zero-order chi connectivity index (χ0) is 15.6. The maximum absolute atomic E-state index is 13.9. The Morgan fingerprint density at radius 2 is 2.14 bits per heavy atom. The van der Waals surface area contributed by atoms with Gasteiger partial charge >= 0.3 is 5.97 Å². The van der Waals surface area contributed by atoms with Crippen LogP contribution in [-0.4, -0.2) is 49.7 Å². The van der Waals surface area contributed by atoms with Crippen LogP contribution in [0.15, 0.2) is 12.1 Å². The van der Waals surface area contributed by atoms with E-state index in [4.69, 9.17) is 10.5 Å². The molecule has 0 aromatic heterocycles. The molecular formula is C13H14F2N2O4. The van der Waals surface area contributed by atoms with E-state index in [0.717, 1.165) is 17.0 Å². The molecule has 1 heterocycles. The van der Waals surface area contributed by atoms with Crippen molar-refractivity contribution < 1.29 is 27.8 Å². The number of ether oxygens (including phenoxy) is 2. The van der Waals surface area contributed by atoms with Crippen LogP contribution in [0.25, 0.3) is 0 Å². The first-order chi connectivity index (χ1) is 9.95. The van der Waals surface area contributed by atoms with Crippen LogP contribution in [0.5, 0.6) is 0 Å². The van der Waals surface area contributed by atoms with Gasteiger partial charge in [-0.15, -0.1) is 0 Å². The molecule has 1 aliphatic heterocycles. The molecule has 1 aromatic rings. The van der Waals surface area contributed by atoms with E-state index in [1.165, 1.54) is 7.11 Å². The minimum Gasteiger partial charge on any atom is -0.467 e. The summed E-state index contributed by atoms with van der Waals surface area (Å²) >= 11 is 0. The number of nitrogens with zero attached hydrogens (tertiary/aromatic N) is 1. The van der Waals surface area contributed by atoms with Crippen molar-refractivity contribution in [3.8, 4) is 0 Å². The van der Waals surface area contributed by atoms with Gasteiger partial charge < -0.3 is 20.1 Å². The molecule has 1 atom stereocenters. The lowest BCUT2D eigenvalue weighted by atomic mass is 10.1. The van der Waals surface area contributed by atoms with E-state index >= 15 is 0 Å². The summed E-state index contributed by atoms with van der Waals surface area (Å²) in [5, 5.41) is 0. The minimum absolute atomic E-state index is 0.0665. The third-order valence-corrected chi connectivity index (χ3v) is 3.15. The van der Waals surface area contributed by atoms with Gasteiger partial charge in [-0.2, -0.15) is 0 Å². The highest BCUT2D eigenvalue weighted by Gasteiger charge is 2.32. The molecule has 2 rings (SSSR count). The molecule has 1 aromatic carbocycles. The van der Waals surface area contributed by atoms with E-state index in [1.807, 2.05) is 0 Å². The second-order valence-electron chi connectivity index (χ2n) is 4.46. The first-order valence-electron chi connectivity index (χ1n) is 6.18. The summed E-state index contributed by atoms with van der Waals surface area (Å²) in [5.74, 6) is -3.65. The number of carbonyl (C=O) groups is 2. The molecule has 0 bridgehead atoms. The fourth-order valence-electron chi connectivity index (χ4n) is 2.03. The van der Waals surface area contributed by atoms with Crippen molar-refractivity contribution in [3.05, 3.63) is 29.3 Å². The smallest absolute Gasteiger partial charge is 0.336 e. The normalized spacial score (nSPS) is 18.4. The molecular weight excluding hydrogens is 286 g/mol. The van der Waals surface area contributed by atoms with Crippen molar-refractivity contribution in [2.24, 2.45) is 0 Å². The number of hydrogen-bond acceptors (Lipinski definition) is 5. The van der Waals surface area contributed by atoms with Crippen molar-refractivity contribution in [3.63, 3.8) is 0 Å². The van der Waals surface area contributed by atoms with E-state index in [9.17, 15) is 18.4 Å². The zero-order valence-electron chi connectivity index (χ0n) is 11.3. The predicted molar refractivity (Wildman–Crippen MR) is 68.4 cm³/mol. The van der Waals surface area contributed by atoms with E-state index in [1.54, 1.807) is 0 Å². The third-order valence-electron chi connectivity index (χ3n) is 3.15. The average molecular weight is 300 g/mol. The van der Waals surface area contributed by atoms with Crippen molar-refractivity contribution in [2.75, 3.05) is 32.5 Å². The Morgan fingerprint density at radius 1 is 1.43 bits per heavy atom. The van der Waals surface area contributed by atoms with E-state index in [2.05, 4.69) is 4.74 Å². The molecule has 2 N–H and O–H groups in total. The Bertz CT molecular complexity index is 580. The largest absolute Gasteiger partial charge is 0.467 e. The second kappa shape index (κ2) is 6.04. The number of rotatable bonds is 2. The highest BCUT2D eigenvalue weighted by molar-refractivity contribution is 5.96. The molecule has 8 heteroatoms. The summed E-state index contributed by atoms with van der Waals surface area (Å²) in [7, 11) is 1.18. The number of morpholine rings is 1. The molecule has 114 valence electrons. The van der Waals surface area contributed by atoms with Crippen LogP contribution < -0.4 is 5.73 Å². The number of nitrogens with two attached hydrogens (primary N) is 1. The second-order valence-corrected chi connectivity index (χ2v) is 4.46. The summed E-state index contributed by atoms with van der Waals surface area (Å²) in [6.07, 6.45) is -0.972. The molecule has 0 saturated carbocycles. The van der Waals surface area contributed by atoms with Crippen LogP contribution in [0, 0.1) is 11.6 Å². The number of methoxy groups -OCH3 is 1. The Balaban J connectivity index is 2.24. The standard InChI is InChI=1S/C13H14F2N2O4/c1-20-13(19)9-6-17(4-5-21-9)12(18)10-7(14)2-3-8(16)11(10)15/h2-3,9H,4-6,16H2,1H3. The van der Waals surface area contributed by atoms with E-state index < -0.39 is 35.2 Å². The number of anilines is 1. The van der Waals surface area contributed by atoms with Crippen LogP contribution in [-0.2, 0) is 14.3 Å². The van der Waals surface area contributed by atoms with E-state index in [-0.39, 0.29) is 25.4 Å². The molecule has 0 aliphatic carbocycles. The van der Waals surface area contributed by atoms with Gasteiger partial charge in [-0.3, -0.25) is 4.79 Å². The molecule has 1 amide bonds. The van der Waals surface area contributed by atoms with Crippen molar-refractivity contribution in [1.29, 1.82) is 0 Å². The van der Waals surface area contributed by atoms with Gasteiger partial charge in [-0.05, 0) is 12.1 Å². The van der Waals surface area contributed by atoms with Gasteiger partial charge in [0.15, 0.2) is 11.9 Å². The molecule has 1 aliphatic rings. The molecule has 1 unspecified atom stereocenters. The quantitative estimate of drug-likeness (QED) is 0.637. The highest BCUT2D eigenvalue weighted by atomic mass is 19.1. The van der Waals surface area contributed by atoms with Crippen LogP contribution >= 0.6 is 0 Å². The number of carbonyl (C=O) groups excluding carboxylic acids is 2. The lowest BCUT2D eigenvalue weighted by Gasteiger charge is -2.31. The van der Waals surface area contributed by atoms with Crippen molar-refractivity contribution in [1.82, 2.24) is 4.90 Å². The van der Waals surface area contributed by atoms with Gasteiger partial charge in [0, 0.05) is 6.54 Å². The maximum Gasteiger partial charge on any atom is 0.336 e. The third kappa shape index (κ3) is 2.94. The number of hydrogen-bond donors (Lipinski definition) is 1. The predicted octanol–water partition coefficient (Wildman–Crippen LogP) is 0.561. The molecule has 0 radical (unpaired) electrons. The van der Waals surface area contributed by atoms with Crippen LogP contribution in [0.1, 0.15) is 10.4 Å². The van der Waals surface area contributed by atoms with Gasteiger partial charge in [0.1, 0.15) is 11.4 Å². The molecule has 0 spiro atoms. The monoisotopic (exact) mass is 300 g/mol. The minimum atomic E-state index is -1.11. The molecule has 1 saturated heterocycles. The van der Waals surface area contributed by atoms with Crippen LogP contribution in [0.3, 0.4) is 0 Å². The fourth-order valence-corrected chi connectivity index (χ4v) is 2.03. The number of esters is 1. The Labute approximate surface area is 119 Å². The first-order valence-corrected chi connectivity index (χ1v) is 6.18. The van der Waals surface area contributed by atoms with Crippen molar-refractivity contribution >= 4 is 17.6 Å². The SMILES string of the molecule is COC(=O)C1CN(C(=O)c2c(F)ccc(N)c2F)CCO1. The summed E-state index contributed by atoms with van der Waals surface area (Å²) in [6.45, 7) is 0.0379. The Morgan fingerprint density at radius 3 is 2.81 bits per heavy atom.